The van der Waals surface area contributed by atoms with Gasteiger partial charge in [-0.2, -0.15) is 0 Å². The smallest absolute Gasteiger partial charge is 0.323 e. The van der Waals surface area contributed by atoms with Crippen LogP contribution < -0.4 is 5.73 Å². The van der Waals surface area contributed by atoms with Crippen molar-refractivity contribution in [2.24, 2.45) is 11.1 Å². The summed E-state index contributed by atoms with van der Waals surface area (Å²) in [7, 11) is 0. The Morgan fingerprint density at radius 1 is 1.07 bits per heavy atom. The minimum absolute atomic E-state index is 0.295. The minimum atomic E-state index is -0.898. The van der Waals surface area contributed by atoms with Gasteiger partial charge in [0.25, 0.3) is 0 Å². The van der Waals surface area contributed by atoms with E-state index >= 15 is 0 Å². The molecule has 0 heterocycles. The number of carbonyl (C=O) groups is 1. The van der Waals surface area contributed by atoms with E-state index in [0.717, 1.165) is 0 Å². The maximum Gasteiger partial charge on any atom is 0.323 e. The molecule has 0 saturated heterocycles. The molecule has 0 bridgehead atoms. The molecule has 3 heteroatoms. The number of rotatable bonds is 1. The summed E-state index contributed by atoms with van der Waals surface area (Å²) in [4.78, 5) is 10.9. The van der Waals surface area contributed by atoms with E-state index in [1.54, 1.807) is 0 Å². The van der Waals surface area contributed by atoms with Gasteiger partial charge in [0, 0.05) is 0 Å². The maximum atomic E-state index is 10.9. The number of hydrogen-bond donors (Lipinski definition) is 2. The van der Waals surface area contributed by atoms with Gasteiger partial charge in [0.05, 0.1) is 0 Å². The number of nitrogens with two attached hydrogens (primary N) is 1. The number of carboxylic acid groups (broad SMARTS) is 1. The Labute approximate surface area is 84.7 Å². The lowest BCUT2D eigenvalue weighted by Crippen LogP contribution is -2.62. The van der Waals surface area contributed by atoms with Crippen LogP contribution in [0.2, 0.25) is 0 Å². The van der Waals surface area contributed by atoms with Gasteiger partial charge in [-0.15, -0.1) is 0 Å². The number of aliphatic carboxylic acids is 1. The van der Waals surface area contributed by atoms with Crippen LogP contribution in [0, 0.1) is 5.41 Å². The van der Waals surface area contributed by atoms with Gasteiger partial charge in [-0.25, -0.2) is 0 Å². The highest BCUT2D eigenvalue weighted by atomic mass is 16.4. The third kappa shape index (κ3) is 1.54. The SMILES string of the molecule is NC1(C(=O)O)CC2(CCCCCC2)C1. The third-order valence-electron chi connectivity index (χ3n) is 3.97. The van der Waals surface area contributed by atoms with Crippen LogP contribution in [-0.4, -0.2) is 16.6 Å². The summed E-state index contributed by atoms with van der Waals surface area (Å²) in [6, 6.07) is 0. The van der Waals surface area contributed by atoms with Crippen LogP contribution in [-0.2, 0) is 4.79 Å². The van der Waals surface area contributed by atoms with Crippen LogP contribution in [0.25, 0.3) is 0 Å². The summed E-state index contributed by atoms with van der Waals surface area (Å²) in [6.45, 7) is 0. The van der Waals surface area contributed by atoms with Crippen LogP contribution in [0.4, 0.5) is 0 Å². The molecule has 2 rings (SSSR count). The van der Waals surface area contributed by atoms with E-state index < -0.39 is 11.5 Å². The summed E-state index contributed by atoms with van der Waals surface area (Å²) in [5.41, 5.74) is 5.20. The first-order valence-corrected chi connectivity index (χ1v) is 5.59. The Kier molecular flexibility index (Phi) is 2.30. The van der Waals surface area contributed by atoms with Gasteiger partial charge in [-0.05, 0) is 31.1 Å². The fourth-order valence-electron chi connectivity index (χ4n) is 3.27. The zero-order valence-electron chi connectivity index (χ0n) is 8.59. The van der Waals surface area contributed by atoms with Gasteiger partial charge >= 0.3 is 5.97 Å². The number of hydrogen-bond acceptors (Lipinski definition) is 2. The molecule has 2 fully saturated rings. The van der Waals surface area contributed by atoms with Crippen molar-refractivity contribution in [3.63, 3.8) is 0 Å². The normalized spacial score (nSPS) is 29.2. The van der Waals surface area contributed by atoms with Gasteiger partial charge < -0.3 is 10.8 Å². The average molecular weight is 197 g/mol. The molecule has 0 aromatic rings. The molecule has 2 aliphatic carbocycles. The second kappa shape index (κ2) is 3.23. The van der Waals surface area contributed by atoms with Crippen molar-refractivity contribution < 1.29 is 9.90 Å². The molecule has 0 aromatic carbocycles. The number of carboxylic acids is 1. The lowest BCUT2D eigenvalue weighted by atomic mass is 9.54. The standard InChI is InChI=1S/C11H19NO2/c12-11(9(13)14)7-10(8-11)5-3-1-2-4-6-10/h1-8,12H2,(H,13,14). The quantitative estimate of drug-likeness (QED) is 0.675. The van der Waals surface area contributed by atoms with E-state index in [1.165, 1.54) is 38.5 Å². The van der Waals surface area contributed by atoms with E-state index in [-0.39, 0.29) is 0 Å². The first kappa shape index (κ1) is 9.97. The highest BCUT2D eigenvalue weighted by Crippen LogP contribution is 2.54. The topological polar surface area (TPSA) is 63.3 Å². The lowest BCUT2D eigenvalue weighted by molar-refractivity contribution is -0.154. The van der Waals surface area contributed by atoms with E-state index in [2.05, 4.69) is 0 Å². The molecule has 2 saturated carbocycles. The third-order valence-corrected chi connectivity index (χ3v) is 3.97. The van der Waals surface area contributed by atoms with Gasteiger partial charge in [-0.3, -0.25) is 4.79 Å². The molecule has 3 N–H and O–H groups in total. The molecule has 0 amide bonds. The van der Waals surface area contributed by atoms with Crippen molar-refractivity contribution in [2.45, 2.75) is 56.9 Å². The van der Waals surface area contributed by atoms with Crippen molar-refractivity contribution in [3.8, 4) is 0 Å². The van der Waals surface area contributed by atoms with Crippen molar-refractivity contribution in [3.05, 3.63) is 0 Å². The second-order valence-electron chi connectivity index (χ2n) is 5.23. The van der Waals surface area contributed by atoms with Crippen LogP contribution in [0.15, 0.2) is 0 Å². The first-order chi connectivity index (χ1) is 6.56. The molecule has 80 valence electrons. The Morgan fingerprint density at radius 2 is 1.57 bits per heavy atom. The Balaban J connectivity index is 1.98. The molecule has 3 nitrogen and oxygen atoms in total. The largest absolute Gasteiger partial charge is 0.480 e. The summed E-state index contributed by atoms with van der Waals surface area (Å²) in [6.07, 6.45) is 8.94. The highest BCUT2D eigenvalue weighted by molar-refractivity contribution is 5.80. The lowest BCUT2D eigenvalue weighted by Gasteiger charge is -2.52. The molecule has 14 heavy (non-hydrogen) atoms. The molecular formula is C11H19NO2. The summed E-state index contributed by atoms with van der Waals surface area (Å²) in [5.74, 6) is -0.813. The van der Waals surface area contributed by atoms with E-state index in [9.17, 15) is 4.79 Å². The van der Waals surface area contributed by atoms with Gasteiger partial charge in [0.1, 0.15) is 5.54 Å². The minimum Gasteiger partial charge on any atom is -0.480 e. The Hall–Kier alpha value is -0.570. The first-order valence-electron chi connectivity index (χ1n) is 5.59. The zero-order valence-corrected chi connectivity index (χ0v) is 8.59. The molecule has 0 unspecified atom stereocenters. The van der Waals surface area contributed by atoms with Crippen LogP contribution in [0.3, 0.4) is 0 Å². The van der Waals surface area contributed by atoms with Crippen LogP contribution in [0.5, 0.6) is 0 Å². The van der Waals surface area contributed by atoms with E-state index in [0.29, 0.717) is 18.3 Å². The summed E-state index contributed by atoms with van der Waals surface area (Å²) >= 11 is 0. The molecule has 0 radical (unpaired) electrons. The molecule has 0 aromatic heterocycles. The van der Waals surface area contributed by atoms with Crippen molar-refractivity contribution in [1.82, 2.24) is 0 Å². The molecule has 2 aliphatic rings. The monoisotopic (exact) mass is 197 g/mol. The van der Waals surface area contributed by atoms with Crippen molar-refractivity contribution in [1.29, 1.82) is 0 Å². The van der Waals surface area contributed by atoms with E-state index in [1.807, 2.05) is 0 Å². The van der Waals surface area contributed by atoms with Crippen molar-refractivity contribution in [2.75, 3.05) is 0 Å². The van der Waals surface area contributed by atoms with Gasteiger partial charge in [0.2, 0.25) is 0 Å². The fraction of sp³-hybridized carbons (Fsp3) is 0.909. The molecule has 1 spiro atoms. The molecule has 0 aliphatic heterocycles. The van der Waals surface area contributed by atoms with Gasteiger partial charge in [0.15, 0.2) is 0 Å². The maximum absolute atomic E-state index is 10.9. The Morgan fingerprint density at radius 3 is 2.00 bits per heavy atom. The average Bonchev–Trinajstić information content (AvgIpc) is 2.28. The predicted molar refractivity (Wildman–Crippen MR) is 53.9 cm³/mol. The van der Waals surface area contributed by atoms with E-state index in [4.69, 9.17) is 10.8 Å². The second-order valence-corrected chi connectivity index (χ2v) is 5.23. The highest BCUT2D eigenvalue weighted by Gasteiger charge is 2.56. The fourth-order valence-corrected chi connectivity index (χ4v) is 3.27. The van der Waals surface area contributed by atoms with Crippen molar-refractivity contribution >= 4 is 5.97 Å². The molecule has 0 atom stereocenters. The zero-order chi connectivity index (χ0) is 10.2. The summed E-state index contributed by atoms with van der Waals surface area (Å²) in [5, 5.41) is 8.95. The summed E-state index contributed by atoms with van der Waals surface area (Å²) < 4.78 is 0. The van der Waals surface area contributed by atoms with Gasteiger partial charge in [-0.1, -0.05) is 25.7 Å². The molecular weight excluding hydrogens is 178 g/mol. The Bertz CT molecular complexity index is 234. The predicted octanol–water partition coefficient (Wildman–Crippen LogP) is 1.90. The van der Waals surface area contributed by atoms with Crippen LogP contribution in [0.1, 0.15) is 51.4 Å². The van der Waals surface area contributed by atoms with Crippen LogP contribution >= 0.6 is 0 Å².